The summed E-state index contributed by atoms with van der Waals surface area (Å²) in [6.07, 6.45) is 8.97. The van der Waals surface area contributed by atoms with E-state index in [2.05, 4.69) is 47.4 Å². The number of fused-ring (bicyclic) bond motifs is 1. The lowest BCUT2D eigenvalue weighted by Gasteiger charge is -2.20. The third-order valence-corrected chi connectivity index (χ3v) is 6.34. The van der Waals surface area contributed by atoms with Crippen molar-refractivity contribution in [1.29, 1.82) is 0 Å². The van der Waals surface area contributed by atoms with Crippen molar-refractivity contribution in [3.05, 3.63) is 64.7 Å². The Bertz CT molecular complexity index is 806. The summed E-state index contributed by atoms with van der Waals surface area (Å²) in [5.74, 6) is 0.212. The molecule has 0 saturated carbocycles. The number of likely N-dealkylation sites (N-methyl/N-ethyl adjacent to an activating group) is 1. The highest BCUT2D eigenvalue weighted by Gasteiger charge is 2.14. The van der Waals surface area contributed by atoms with Crippen LogP contribution in [0.5, 0.6) is 0 Å². The second-order valence-corrected chi connectivity index (χ2v) is 8.41. The molecule has 0 N–H and O–H groups in total. The van der Waals surface area contributed by atoms with Crippen LogP contribution in [0.25, 0.3) is 0 Å². The Morgan fingerprint density at radius 3 is 2.32 bits per heavy atom. The van der Waals surface area contributed by atoms with E-state index in [0.29, 0.717) is 6.42 Å². The Kier molecular flexibility index (Phi) is 5.99. The fraction of sp³-hybridized carbons (Fsp3) is 0.480. The molecule has 0 spiro atoms. The third kappa shape index (κ3) is 4.57. The molecule has 3 nitrogen and oxygen atoms in total. The molecule has 28 heavy (non-hydrogen) atoms. The molecule has 0 atom stereocenters. The second kappa shape index (κ2) is 8.81. The Hall–Kier alpha value is -2.29. The molecule has 2 aromatic carbocycles. The van der Waals surface area contributed by atoms with Gasteiger partial charge in [-0.25, -0.2) is 0 Å². The number of carbonyl (C=O) groups excluding carboxylic acids is 1. The number of benzene rings is 2. The van der Waals surface area contributed by atoms with Crippen LogP contribution in [0.3, 0.4) is 0 Å². The van der Waals surface area contributed by atoms with Crippen LogP contribution in [0.1, 0.15) is 47.9 Å². The molecule has 1 amide bonds. The molecule has 0 unspecified atom stereocenters. The first kappa shape index (κ1) is 19.0. The fourth-order valence-corrected chi connectivity index (χ4v) is 4.48. The molecule has 0 bridgehead atoms. The van der Waals surface area contributed by atoms with Gasteiger partial charge in [0.15, 0.2) is 0 Å². The minimum Gasteiger partial charge on any atom is -0.372 e. The van der Waals surface area contributed by atoms with E-state index in [1.54, 1.807) is 0 Å². The Morgan fingerprint density at radius 2 is 1.57 bits per heavy atom. The van der Waals surface area contributed by atoms with Gasteiger partial charge in [0.2, 0.25) is 5.91 Å². The Morgan fingerprint density at radius 1 is 0.893 bits per heavy atom. The highest BCUT2D eigenvalue weighted by atomic mass is 16.2. The van der Waals surface area contributed by atoms with E-state index in [0.717, 1.165) is 18.5 Å². The van der Waals surface area contributed by atoms with Gasteiger partial charge in [-0.2, -0.15) is 0 Å². The highest BCUT2D eigenvalue weighted by molar-refractivity contribution is 5.78. The first-order chi connectivity index (χ1) is 13.7. The molecule has 1 aliphatic heterocycles. The minimum absolute atomic E-state index is 0.212. The van der Waals surface area contributed by atoms with E-state index in [1.165, 1.54) is 74.0 Å². The first-order valence-electron chi connectivity index (χ1n) is 10.9. The summed E-state index contributed by atoms with van der Waals surface area (Å²) in [4.78, 5) is 17.0. The standard InChI is InChI=1S/C25H32N2O/c1-26(17-14-20-9-12-24(13-10-20)27-15-4-5-16-27)25(28)19-21-8-11-22-6-2-3-7-23(22)18-21/h8-13,18H,2-7,14-17,19H2,1H3. The summed E-state index contributed by atoms with van der Waals surface area (Å²) in [7, 11) is 1.93. The SMILES string of the molecule is CN(CCc1ccc(N2CCCC2)cc1)C(=O)Cc1ccc2c(c1)CCCC2. The zero-order valence-corrected chi connectivity index (χ0v) is 17.1. The molecular formula is C25H32N2O. The number of hydrogen-bond acceptors (Lipinski definition) is 2. The molecule has 148 valence electrons. The number of carbonyl (C=O) groups is 1. The van der Waals surface area contributed by atoms with Crippen LogP contribution >= 0.6 is 0 Å². The van der Waals surface area contributed by atoms with Gasteiger partial charge < -0.3 is 9.80 Å². The average Bonchev–Trinajstić information content (AvgIpc) is 3.27. The van der Waals surface area contributed by atoms with Crippen LogP contribution in [-0.2, 0) is 30.5 Å². The lowest BCUT2D eigenvalue weighted by molar-refractivity contribution is -0.129. The van der Waals surface area contributed by atoms with Gasteiger partial charge in [0.1, 0.15) is 0 Å². The van der Waals surface area contributed by atoms with Crippen molar-refractivity contribution >= 4 is 11.6 Å². The van der Waals surface area contributed by atoms with Gasteiger partial charge in [0, 0.05) is 32.4 Å². The van der Waals surface area contributed by atoms with Crippen LogP contribution in [-0.4, -0.2) is 37.5 Å². The van der Waals surface area contributed by atoms with E-state index in [-0.39, 0.29) is 5.91 Å². The monoisotopic (exact) mass is 376 g/mol. The normalized spacial score (nSPS) is 16.1. The maximum Gasteiger partial charge on any atom is 0.226 e. The number of rotatable bonds is 6. The molecule has 3 heteroatoms. The lowest BCUT2D eigenvalue weighted by atomic mass is 9.90. The summed E-state index contributed by atoms with van der Waals surface area (Å²) >= 11 is 0. The van der Waals surface area contributed by atoms with Gasteiger partial charge in [-0.05, 0) is 79.3 Å². The zero-order valence-electron chi connectivity index (χ0n) is 17.1. The van der Waals surface area contributed by atoms with Gasteiger partial charge in [-0.1, -0.05) is 30.3 Å². The molecule has 0 aromatic heterocycles. The van der Waals surface area contributed by atoms with E-state index in [9.17, 15) is 4.79 Å². The van der Waals surface area contributed by atoms with Crippen molar-refractivity contribution in [2.45, 2.75) is 51.4 Å². The summed E-state index contributed by atoms with van der Waals surface area (Å²) < 4.78 is 0. The molecule has 1 heterocycles. The van der Waals surface area contributed by atoms with E-state index in [1.807, 2.05) is 11.9 Å². The maximum atomic E-state index is 12.6. The van der Waals surface area contributed by atoms with Crippen LogP contribution in [0, 0.1) is 0 Å². The van der Waals surface area contributed by atoms with Crippen molar-refractivity contribution in [3.8, 4) is 0 Å². The van der Waals surface area contributed by atoms with Crippen LogP contribution in [0.4, 0.5) is 5.69 Å². The van der Waals surface area contributed by atoms with Crippen molar-refractivity contribution in [2.24, 2.45) is 0 Å². The van der Waals surface area contributed by atoms with Crippen molar-refractivity contribution < 1.29 is 4.79 Å². The van der Waals surface area contributed by atoms with Gasteiger partial charge in [0.25, 0.3) is 0 Å². The fourth-order valence-electron chi connectivity index (χ4n) is 4.48. The van der Waals surface area contributed by atoms with Gasteiger partial charge in [-0.15, -0.1) is 0 Å². The summed E-state index contributed by atoms with van der Waals surface area (Å²) in [6, 6.07) is 15.5. The van der Waals surface area contributed by atoms with Crippen LogP contribution in [0.2, 0.25) is 0 Å². The smallest absolute Gasteiger partial charge is 0.226 e. The quantitative estimate of drug-likeness (QED) is 0.746. The summed E-state index contributed by atoms with van der Waals surface area (Å²) in [5, 5.41) is 0. The number of anilines is 1. The molecule has 2 aromatic rings. The summed E-state index contributed by atoms with van der Waals surface area (Å²) in [6.45, 7) is 3.13. The van der Waals surface area contributed by atoms with E-state index in [4.69, 9.17) is 0 Å². The highest BCUT2D eigenvalue weighted by Crippen LogP contribution is 2.23. The Balaban J connectivity index is 1.28. The number of hydrogen-bond donors (Lipinski definition) is 0. The van der Waals surface area contributed by atoms with Crippen molar-refractivity contribution in [1.82, 2.24) is 4.90 Å². The van der Waals surface area contributed by atoms with Gasteiger partial charge in [0.05, 0.1) is 6.42 Å². The maximum absolute atomic E-state index is 12.6. The molecule has 1 aliphatic carbocycles. The lowest BCUT2D eigenvalue weighted by Crippen LogP contribution is -2.30. The topological polar surface area (TPSA) is 23.6 Å². The largest absolute Gasteiger partial charge is 0.372 e. The second-order valence-electron chi connectivity index (χ2n) is 8.41. The van der Waals surface area contributed by atoms with E-state index < -0.39 is 0 Å². The molecule has 0 radical (unpaired) electrons. The summed E-state index contributed by atoms with van der Waals surface area (Å²) in [5.41, 5.74) is 6.73. The number of nitrogens with zero attached hydrogens (tertiary/aromatic N) is 2. The minimum atomic E-state index is 0.212. The van der Waals surface area contributed by atoms with Crippen LogP contribution in [0.15, 0.2) is 42.5 Å². The first-order valence-corrected chi connectivity index (χ1v) is 10.9. The number of aryl methyl sites for hydroxylation is 2. The molecule has 4 rings (SSSR count). The van der Waals surface area contributed by atoms with Crippen LogP contribution < -0.4 is 4.90 Å². The zero-order chi connectivity index (χ0) is 19.3. The van der Waals surface area contributed by atoms with Gasteiger partial charge in [-0.3, -0.25) is 4.79 Å². The molecule has 2 aliphatic rings. The Labute approximate surface area is 169 Å². The third-order valence-electron chi connectivity index (χ3n) is 6.34. The van der Waals surface area contributed by atoms with Crippen molar-refractivity contribution in [2.75, 3.05) is 31.6 Å². The molecule has 1 saturated heterocycles. The van der Waals surface area contributed by atoms with Crippen molar-refractivity contribution in [3.63, 3.8) is 0 Å². The van der Waals surface area contributed by atoms with Gasteiger partial charge >= 0.3 is 0 Å². The predicted octanol–water partition coefficient (Wildman–Crippen LogP) is 4.41. The van der Waals surface area contributed by atoms with E-state index >= 15 is 0 Å². The predicted molar refractivity (Wildman–Crippen MR) is 116 cm³/mol. The average molecular weight is 377 g/mol. The molecule has 1 fully saturated rings. The number of amides is 1. The molecular weight excluding hydrogens is 344 g/mol.